The molecule has 30 heavy (non-hydrogen) atoms. The maximum atomic E-state index is 6.49. The van der Waals surface area contributed by atoms with Crippen LogP contribution in [0.4, 0.5) is 0 Å². The number of rotatable bonds is 8. The molecule has 0 atom stereocenters. The van der Waals surface area contributed by atoms with Gasteiger partial charge in [0.25, 0.3) is 0 Å². The van der Waals surface area contributed by atoms with Gasteiger partial charge in [0.2, 0.25) is 4.77 Å². The van der Waals surface area contributed by atoms with Gasteiger partial charge in [-0.2, -0.15) is 5.10 Å². The Bertz CT molecular complexity index is 1180. The highest BCUT2D eigenvalue weighted by atomic mass is 35.5. The molecule has 0 aliphatic carbocycles. The molecule has 0 saturated heterocycles. The number of aromatic amines is 1. The average Bonchev–Trinajstić information content (AvgIpc) is 3.41. The predicted molar refractivity (Wildman–Crippen MR) is 120 cm³/mol. The molecule has 0 radical (unpaired) electrons. The van der Waals surface area contributed by atoms with Gasteiger partial charge in [-0.1, -0.05) is 17.7 Å². The standard InChI is InChI=1S/C20H18ClN5O2S2/c1-27-17-10-13(9-16(21)18(17)28-12-15-3-2-8-30-15)11-23-26-19(24-25-20(26)29)14-4-6-22-7-5-14/h2-10,23H,11-12H2,1H3,(H,25,29). The number of nitrogens with one attached hydrogen (secondary N) is 2. The Balaban J connectivity index is 1.53. The molecule has 10 heteroatoms. The van der Waals surface area contributed by atoms with Crippen molar-refractivity contribution in [1.29, 1.82) is 0 Å². The van der Waals surface area contributed by atoms with Gasteiger partial charge in [0.1, 0.15) is 6.61 Å². The summed E-state index contributed by atoms with van der Waals surface area (Å²) in [5, 5.41) is 9.59. The first-order valence-electron chi connectivity index (χ1n) is 8.99. The molecule has 2 N–H and O–H groups in total. The zero-order valence-corrected chi connectivity index (χ0v) is 18.4. The van der Waals surface area contributed by atoms with Crippen LogP contribution < -0.4 is 14.9 Å². The maximum absolute atomic E-state index is 6.49. The van der Waals surface area contributed by atoms with Gasteiger partial charge in [-0.25, -0.2) is 9.77 Å². The highest BCUT2D eigenvalue weighted by Gasteiger charge is 2.14. The topological polar surface area (TPSA) is 77.0 Å². The van der Waals surface area contributed by atoms with Gasteiger partial charge in [0, 0.05) is 22.8 Å². The molecule has 0 bridgehead atoms. The molecular formula is C20H18ClN5O2S2. The molecule has 0 fully saturated rings. The van der Waals surface area contributed by atoms with Crippen LogP contribution in [0.1, 0.15) is 10.4 Å². The van der Waals surface area contributed by atoms with Gasteiger partial charge in [-0.15, -0.1) is 11.3 Å². The Morgan fingerprint density at radius 2 is 2.10 bits per heavy atom. The Morgan fingerprint density at radius 3 is 2.83 bits per heavy atom. The zero-order valence-electron chi connectivity index (χ0n) is 16.0. The highest BCUT2D eigenvalue weighted by molar-refractivity contribution is 7.71. The molecule has 0 spiro atoms. The smallest absolute Gasteiger partial charge is 0.214 e. The average molecular weight is 460 g/mol. The van der Waals surface area contributed by atoms with Crippen LogP contribution in [0.3, 0.4) is 0 Å². The molecule has 3 aromatic heterocycles. The second-order valence-corrected chi connectivity index (χ2v) is 8.06. The number of ether oxygens (including phenoxy) is 2. The summed E-state index contributed by atoms with van der Waals surface area (Å²) < 4.78 is 13.6. The van der Waals surface area contributed by atoms with Crippen LogP contribution in [0.5, 0.6) is 11.5 Å². The molecule has 4 rings (SSSR count). The fourth-order valence-corrected chi connectivity index (χ4v) is 3.96. The first-order valence-corrected chi connectivity index (χ1v) is 10.7. The third-order valence-electron chi connectivity index (χ3n) is 4.28. The first kappa shape index (κ1) is 20.4. The van der Waals surface area contributed by atoms with Gasteiger partial charge < -0.3 is 14.9 Å². The fraction of sp³-hybridized carbons (Fsp3) is 0.150. The third-order valence-corrected chi connectivity index (χ3v) is 5.68. The van der Waals surface area contributed by atoms with Gasteiger partial charge in [0.05, 0.1) is 18.7 Å². The Hall–Kier alpha value is -2.88. The lowest BCUT2D eigenvalue weighted by Gasteiger charge is -2.15. The summed E-state index contributed by atoms with van der Waals surface area (Å²) in [5.41, 5.74) is 5.07. The lowest BCUT2D eigenvalue weighted by molar-refractivity contribution is 0.287. The molecule has 0 unspecified atom stereocenters. The lowest BCUT2D eigenvalue weighted by Crippen LogP contribution is -2.16. The molecule has 4 aromatic rings. The van der Waals surface area contributed by atoms with E-state index in [1.54, 1.807) is 35.5 Å². The largest absolute Gasteiger partial charge is 0.493 e. The van der Waals surface area contributed by atoms with Crippen LogP contribution >= 0.6 is 35.2 Å². The Morgan fingerprint density at radius 1 is 1.27 bits per heavy atom. The molecule has 154 valence electrons. The normalized spacial score (nSPS) is 10.7. The molecule has 1 aromatic carbocycles. The van der Waals surface area contributed by atoms with E-state index < -0.39 is 0 Å². The summed E-state index contributed by atoms with van der Waals surface area (Å²) in [5.74, 6) is 1.76. The van der Waals surface area contributed by atoms with Gasteiger partial charge in [-0.05, 0) is 53.5 Å². The summed E-state index contributed by atoms with van der Waals surface area (Å²) >= 11 is 13.5. The molecule has 0 aliphatic heterocycles. The summed E-state index contributed by atoms with van der Waals surface area (Å²) in [6.07, 6.45) is 3.41. The Labute approximate surface area is 187 Å². The maximum Gasteiger partial charge on any atom is 0.214 e. The van der Waals surface area contributed by atoms with E-state index in [1.807, 2.05) is 41.8 Å². The van der Waals surface area contributed by atoms with Crippen molar-refractivity contribution in [1.82, 2.24) is 19.9 Å². The van der Waals surface area contributed by atoms with Crippen LogP contribution in [0, 0.1) is 4.77 Å². The second-order valence-electron chi connectivity index (χ2n) is 6.24. The minimum Gasteiger partial charge on any atom is -0.493 e. The lowest BCUT2D eigenvalue weighted by atomic mass is 10.2. The molecule has 0 amide bonds. The molecule has 0 saturated carbocycles. The van der Waals surface area contributed by atoms with Crippen molar-refractivity contribution < 1.29 is 9.47 Å². The van der Waals surface area contributed by atoms with E-state index in [2.05, 4.69) is 20.6 Å². The van der Waals surface area contributed by atoms with E-state index in [4.69, 9.17) is 33.3 Å². The number of methoxy groups -OCH3 is 1. The first-order chi connectivity index (χ1) is 14.7. The number of thiophene rings is 1. The zero-order chi connectivity index (χ0) is 20.9. The number of hydrogen-bond donors (Lipinski definition) is 2. The Kier molecular flexibility index (Phi) is 6.32. The number of hydrogen-bond acceptors (Lipinski definition) is 7. The van der Waals surface area contributed by atoms with Crippen molar-refractivity contribution in [2.45, 2.75) is 13.2 Å². The summed E-state index contributed by atoms with van der Waals surface area (Å²) in [6, 6.07) is 11.5. The molecule has 7 nitrogen and oxygen atoms in total. The summed E-state index contributed by atoms with van der Waals surface area (Å²) in [7, 11) is 1.59. The number of aromatic nitrogens is 4. The van der Waals surface area contributed by atoms with Crippen molar-refractivity contribution in [2.75, 3.05) is 12.5 Å². The van der Waals surface area contributed by atoms with E-state index in [1.165, 1.54) is 0 Å². The number of pyridine rings is 1. The van der Waals surface area contributed by atoms with Crippen LogP contribution in [-0.2, 0) is 13.2 Å². The van der Waals surface area contributed by atoms with Gasteiger partial charge >= 0.3 is 0 Å². The summed E-state index contributed by atoms with van der Waals surface area (Å²) in [6.45, 7) is 0.887. The summed E-state index contributed by atoms with van der Waals surface area (Å²) in [4.78, 5) is 5.14. The SMILES string of the molecule is COc1cc(CNn2c(-c3ccncc3)n[nH]c2=S)cc(Cl)c1OCc1cccs1. The highest BCUT2D eigenvalue weighted by Crippen LogP contribution is 2.37. The van der Waals surface area contributed by atoms with Crippen molar-refractivity contribution >= 4 is 35.2 Å². The monoisotopic (exact) mass is 459 g/mol. The van der Waals surface area contributed by atoms with Crippen LogP contribution in [0.25, 0.3) is 11.4 Å². The number of H-pyrrole nitrogens is 1. The second kappa shape index (κ2) is 9.29. The quantitative estimate of drug-likeness (QED) is 0.359. The number of nitrogens with zero attached hydrogens (tertiary/aromatic N) is 3. The van der Waals surface area contributed by atoms with Crippen molar-refractivity contribution in [3.8, 4) is 22.9 Å². The van der Waals surface area contributed by atoms with Gasteiger partial charge in [0.15, 0.2) is 17.3 Å². The molecule has 3 heterocycles. The fourth-order valence-electron chi connectivity index (χ4n) is 2.86. The van der Waals surface area contributed by atoms with Gasteiger partial charge in [-0.3, -0.25) is 4.98 Å². The van der Waals surface area contributed by atoms with E-state index in [-0.39, 0.29) is 0 Å². The molecular weight excluding hydrogens is 442 g/mol. The van der Waals surface area contributed by atoms with Crippen LogP contribution in [0.15, 0.2) is 54.2 Å². The third kappa shape index (κ3) is 4.48. The van der Waals surface area contributed by atoms with Crippen LogP contribution in [0.2, 0.25) is 5.02 Å². The van der Waals surface area contributed by atoms with Crippen molar-refractivity contribution in [2.24, 2.45) is 0 Å². The number of benzene rings is 1. The minimum absolute atomic E-state index is 0.435. The van der Waals surface area contributed by atoms with E-state index >= 15 is 0 Å². The minimum atomic E-state index is 0.435. The van der Waals surface area contributed by atoms with E-state index in [9.17, 15) is 0 Å². The van der Waals surface area contributed by atoms with E-state index in [0.717, 1.165) is 16.0 Å². The van der Waals surface area contributed by atoms with Crippen LogP contribution in [-0.4, -0.2) is 27.0 Å². The molecule has 0 aliphatic rings. The van der Waals surface area contributed by atoms with Crippen molar-refractivity contribution in [3.63, 3.8) is 0 Å². The van der Waals surface area contributed by atoms with E-state index in [0.29, 0.717) is 40.3 Å². The van der Waals surface area contributed by atoms with Crippen molar-refractivity contribution in [3.05, 3.63) is 74.4 Å². The number of halogens is 1. The predicted octanol–water partition coefficient (Wildman–Crippen LogP) is 5.05.